The fourth-order valence-corrected chi connectivity index (χ4v) is 1.15. The first kappa shape index (κ1) is 7.79. The number of hydrogen-bond donors (Lipinski definition) is 2. The van der Waals surface area contributed by atoms with E-state index in [0.29, 0.717) is 11.0 Å². The molecule has 0 aliphatic heterocycles. The van der Waals surface area contributed by atoms with Crippen molar-refractivity contribution in [3.63, 3.8) is 0 Å². The fourth-order valence-electron chi connectivity index (χ4n) is 1.15. The number of nitrogens with two attached hydrogens (primary N) is 1. The van der Waals surface area contributed by atoms with Crippen LogP contribution in [0.25, 0.3) is 11.0 Å². The Morgan fingerprint density at radius 2 is 2.15 bits per heavy atom. The average Bonchev–Trinajstić information content (AvgIpc) is 2.46. The van der Waals surface area contributed by atoms with Crippen LogP contribution in [0.2, 0.25) is 0 Å². The monoisotopic (exact) mass is 178 g/mol. The molecule has 1 aromatic heterocycles. The lowest BCUT2D eigenvalue weighted by molar-refractivity contribution is 0.599. The van der Waals surface area contributed by atoms with Crippen molar-refractivity contribution >= 4 is 16.8 Å². The Bertz CT molecular complexity index is 475. The number of halogens is 1. The van der Waals surface area contributed by atoms with Crippen LogP contribution >= 0.6 is 0 Å². The van der Waals surface area contributed by atoms with Gasteiger partial charge in [0, 0.05) is 5.39 Å². The molecule has 3 N–H and O–H groups in total. The van der Waals surface area contributed by atoms with Gasteiger partial charge in [0.1, 0.15) is 11.4 Å². The van der Waals surface area contributed by atoms with Crippen molar-refractivity contribution in [1.82, 2.24) is 0 Å². The molecule has 0 aliphatic rings. The van der Waals surface area contributed by atoms with Crippen LogP contribution in [-0.4, -0.2) is 5.84 Å². The van der Waals surface area contributed by atoms with Crippen molar-refractivity contribution in [1.29, 1.82) is 5.41 Å². The number of furan rings is 1. The van der Waals surface area contributed by atoms with E-state index in [0.717, 1.165) is 0 Å². The lowest BCUT2D eigenvalue weighted by Gasteiger charge is -1.87. The number of rotatable bonds is 1. The number of nitrogen functional groups attached to an aromatic ring is 1. The first-order valence-electron chi connectivity index (χ1n) is 3.70. The Labute approximate surface area is 73.5 Å². The highest BCUT2D eigenvalue weighted by atomic mass is 19.1. The van der Waals surface area contributed by atoms with E-state index < -0.39 is 0 Å². The van der Waals surface area contributed by atoms with E-state index >= 15 is 0 Å². The summed E-state index contributed by atoms with van der Waals surface area (Å²) in [6.45, 7) is 0. The van der Waals surface area contributed by atoms with Crippen LogP contribution in [0.3, 0.4) is 0 Å². The fraction of sp³-hybridized carbons (Fsp3) is 0. The first-order valence-corrected chi connectivity index (χ1v) is 3.70. The molecule has 3 nitrogen and oxygen atoms in total. The van der Waals surface area contributed by atoms with Gasteiger partial charge in [-0.3, -0.25) is 5.41 Å². The van der Waals surface area contributed by atoms with Crippen molar-refractivity contribution in [2.75, 3.05) is 0 Å². The van der Waals surface area contributed by atoms with Crippen molar-refractivity contribution in [3.05, 3.63) is 35.8 Å². The van der Waals surface area contributed by atoms with Gasteiger partial charge in [-0.05, 0) is 24.3 Å². The molecular weight excluding hydrogens is 171 g/mol. The smallest absolute Gasteiger partial charge is 0.169 e. The summed E-state index contributed by atoms with van der Waals surface area (Å²) >= 11 is 0. The zero-order valence-corrected chi connectivity index (χ0v) is 6.67. The predicted octanol–water partition coefficient (Wildman–Crippen LogP) is 1.86. The molecule has 13 heavy (non-hydrogen) atoms. The average molecular weight is 178 g/mol. The maximum atomic E-state index is 12.7. The van der Waals surface area contributed by atoms with E-state index in [9.17, 15) is 4.39 Å². The van der Waals surface area contributed by atoms with Crippen molar-refractivity contribution in [3.8, 4) is 0 Å². The van der Waals surface area contributed by atoms with Crippen molar-refractivity contribution in [2.24, 2.45) is 5.73 Å². The highest BCUT2D eigenvalue weighted by Crippen LogP contribution is 2.19. The summed E-state index contributed by atoms with van der Waals surface area (Å²) < 4.78 is 17.9. The van der Waals surface area contributed by atoms with Crippen LogP contribution in [0.4, 0.5) is 4.39 Å². The summed E-state index contributed by atoms with van der Waals surface area (Å²) in [5.41, 5.74) is 5.75. The summed E-state index contributed by atoms with van der Waals surface area (Å²) in [6.07, 6.45) is 0. The van der Waals surface area contributed by atoms with Crippen LogP contribution < -0.4 is 5.73 Å². The zero-order chi connectivity index (χ0) is 9.42. The van der Waals surface area contributed by atoms with Gasteiger partial charge >= 0.3 is 0 Å². The number of amidine groups is 1. The van der Waals surface area contributed by atoms with Crippen LogP contribution in [0.5, 0.6) is 0 Å². The van der Waals surface area contributed by atoms with Gasteiger partial charge in [-0.25, -0.2) is 4.39 Å². The van der Waals surface area contributed by atoms with Gasteiger partial charge < -0.3 is 10.2 Å². The molecule has 0 atom stereocenters. The lowest BCUT2D eigenvalue weighted by atomic mass is 10.2. The molecule has 1 aromatic carbocycles. The standard InChI is InChI=1S/C9H7FN2O/c10-6-1-2-7-5(3-6)4-8(13-7)9(11)12/h1-4H,(H3,11,12). The molecular formula is C9H7FN2O. The second-order valence-electron chi connectivity index (χ2n) is 2.71. The van der Waals surface area contributed by atoms with Crippen LogP contribution in [0.1, 0.15) is 5.76 Å². The first-order chi connectivity index (χ1) is 6.16. The molecule has 66 valence electrons. The third-order valence-electron chi connectivity index (χ3n) is 1.74. The molecule has 1 heterocycles. The molecule has 4 heteroatoms. The minimum Gasteiger partial charge on any atom is -0.453 e. The summed E-state index contributed by atoms with van der Waals surface area (Å²) in [7, 11) is 0. The van der Waals surface area contributed by atoms with Crippen LogP contribution in [0, 0.1) is 11.2 Å². The summed E-state index contributed by atoms with van der Waals surface area (Å²) in [5, 5.41) is 7.73. The van der Waals surface area contributed by atoms with Gasteiger partial charge in [0.2, 0.25) is 0 Å². The minimum absolute atomic E-state index is 0.156. The lowest BCUT2D eigenvalue weighted by Crippen LogP contribution is -2.09. The SMILES string of the molecule is N=C(N)c1cc2cc(F)ccc2o1. The Morgan fingerprint density at radius 3 is 2.85 bits per heavy atom. The Hall–Kier alpha value is -1.84. The third-order valence-corrected chi connectivity index (χ3v) is 1.74. The summed E-state index contributed by atoms with van der Waals surface area (Å²) in [6, 6.07) is 5.69. The molecule has 0 radical (unpaired) electrons. The molecule has 0 fully saturated rings. The highest BCUT2D eigenvalue weighted by molar-refractivity contribution is 5.96. The number of benzene rings is 1. The molecule has 2 aromatic rings. The van der Waals surface area contributed by atoms with Gasteiger partial charge in [-0.1, -0.05) is 0 Å². The molecule has 0 spiro atoms. The van der Waals surface area contributed by atoms with E-state index in [4.69, 9.17) is 15.6 Å². The Balaban J connectivity index is 2.68. The molecule has 2 rings (SSSR count). The third kappa shape index (κ3) is 1.26. The topological polar surface area (TPSA) is 63.0 Å². The van der Waals surface area contributed by atoms with Gasteiger partial charge in [0.05, 0.1) is 0 Å². The predicted molar refractivity (Wildman–Crippen MR) is 47.2 cm³/mol. The van der Waals surface area contributed by atoms with E-state index in [1.54, 1.807) is 6.07 Å². The summed E-state index contributed by atoms with van der Waals surface area (Å²) in [4.78, 5) is 0. The van der Waals surface area contributed by atoms with E-state index in [-0.39, 0.29) is 17.4 Å². The molecule has 0 amide bonds. The van der Waals surface area contributed by atoms with Crippen molar-refractivity contribution in [2.45, 2.75) is 0 Å². The summed E-state index contributed by atoms with van der Waals surface area (Å²) in [5.74, 6) is -0.222. The largest absolute Gasteiger partial charge is 0.453 e. The van der Waals surface area contributed by atoms with Crippen molar-refractivity contribution < 1.29 is 8.81 Å². The molecule has 0 aliphatic carbocycles. The second kappa shape index (κ2) is 2.58. The number of nitrogens with one attached hydrogen (secondary N) is 1. The van der Waals surface area contributed by atoms with Crippen LogP contribution in [-0.2, 0) is 0 Å². The number of fused-ring (bicyclic) bond motifs is 1. The zero-order valence-electron chi connectivity index (χ0n) is 6.67. The quantitative estimate of drug-likeness (QED) is 0.517. The van der Waals surface area contributed by atoms with Gasteiger partial charge in [-0.2, -0.15) is 0 Å². The van der Waals surface area contributed by atoms with Gasteiger partial charge in [-0.15, -0.1) is 0 Å². The van der Waals surface area contributed by atoms with E-state index in [2.05, 4.69) is 0 Å². The van der Waals surface area contributed by atoms with Gasteiger partial charge in [0.25, 0.3) is 0 Å². The molecule has 0 saturated carbocycles. The van der Waals surface area contributed by atoms with Gasteiger partial charge in [0.15, 0.2) is 11.6 Å². The molecule has 0 unspecified atom stereocenters. The minimum atomic E-state index is -0.330. The second-order valence-corrected chi connectivity index (χ2v) is 2.71. The highest BCUT2D eigenvalue weighted by Gasteiger charge is 2.05. The van der Waals surface area contributed by atoms with E-state index in [1.807, 2.05) is 0 Å². The Morgan fingerprint density at radius 1 is 1.38 bits per heavy atom. The van der Waals surface area contributed by atoms with E-state index in [1.165, 1.54) is 18.2 Å². The maximum Gasteiger partial charge on any atom is 0.169 e. The van der Waals surface area contributed by atoms with Crippen LogP contribution in [0.15, 0.2) is 28.7 Å². The number of hydrogen-bond acceptors (Lipinski definition) is 2. The maximum absolute atomic E-state index is 12.7. The molecule has 0 saturated heterocycles. The Kier molecular flexibility index (Phi) is 1.55. The molecule has 0 bridgehead atoms. The normalized spacial score (nSPS) is 10.5.